The Balaban J connectivity index is 1.33. The Hall–Kier alpha value is -3.85. The zero-order valence-corrected chi connectivity index (χ0v) is 20.9. The van der Waals surface area contributed by atoms with Crippen LogP contribution in [-0.4, -0.2) is 51.3 Å². The predicted octanol–water partition coefficient (Wildman–Crippen LogP) is 4.09. The van der Waals surface area contributed by atoms with Crippen LogP contribution in [0.5, 0.6) is 0 Å². The maximum absolute atomic E-state index is 13.4. The minimum Gasteiger partial charge on any atom is -0.345 e. The summed E-state index contributed by atoms with van der Waals surface area (Å²) in [4.78, 5) is 48.1. The van der Waals surface area contributed by atoms with Crippen molar-refractivity contribution in [1.82, 2.24) is 25.5 Å². The van der Waals surface area contributed by atoms with Gasteiger partial charge in [-0.3, -0.25) is 14.5 Å². The number of carbonyl (C=O) groups is 3. The van der Waals surface area contributed by atoms with Crippen LogP contribution in [0.3, 0.4) is 0 Å². The number of imidazole rings is 1. The van der Waals surface area contributed by atoms with Crippen molar-refractivity contribution < 1.29 is 14.4 Å². The van der Waals surface area contributed by atoms with E-state index in [0.717, 1.165) is 32.5 Å². The zero-order valence-electron chi connectivity index (χ0n) is 20.1. The van der Waals surface area contributed by atoms with Crippen LogP contribution in [0.2, 0.25) is 0 Å². The second-order valence-corrected chi connectivity index (χ2v) is 10.0. The Morgan fingerprint density at radius 2 is 1.83 bits per heavy atom. The molecule has 0 spiro atoms. The molecule has 184 valence electrons. The summed E-state index contributed by atoms with van der Waals surface area (Å²) >= 11 is 1.67. The van der Waals surface area contributed by atoms with Gasteiger partial charge in [0, 0.05) is 0 Å². The van der Waals surface area contributed by atoms with Gasteiger partial charge in [-0.15, -0.1) is 0 Å². The molecule has 8 nitrogen and oxygen atoms in total. The fourth-order valence-corrected chi connectivity index (χ4v) is 5.04. The lowest BCUT2D eigenvalue weighted by Gasteiger charge is -2.23. The van der Waals surface area contributed by atoms with E-state index >= 15 is 0 Å². The summed E-state index contributed by atoms with van der Waals surface area (Å²) < 4.78 is 0. The van der Waals surface area contributed by atoms with Crippen molar-refractivity contribution in [2.45, 2.75) is 24.9 Å². The molecule has 36 heavy (non-hydrogen) atoms. The van der Waals surface area contributed by atoms with E-state index in [1.165, 1.54) is 0 Å². The lowest BCUT2D eigenvalue weighted by atomic mass is 9.90. The monoisotopic (exact) mass is 501 g/mol. The van der Waals surface area contributed by atoms with E-state index in [1.54, 1.807) is 18.7 Å². The first kappa shape index (κ1) is 23.9. The molecule has 3 N–H and O–H groups in total. The third-order valence-electron chi connectivity index (χ3n) is 6.59. The van der Waals surface area contributed by atoms with Crippen LogP contribution >= 0.6 is 11.8 Å². The van der Waals surface area contributed by atoms with Gasteiger partial charge >= 0.3 is 6.03 Å². The van der Waals surface area contributed by atoms with Crippen LogP contribution in [0.15, 0.2) is 66.7 Å². The number of nitrogens with one attached hydrogen (secondary N) is 3. The lowest BCUT2D eigenvalue weighted by Crippen LogP contribution is -2.44. The van der Waals surface area contributed by atoms with Crippen molar-refractivity contribution >= 4 is 51.4 Å². The molecule has 0 aliphatic carbocycles. The van der Waals surface area contributed by atoms with E-state index in [4.69, 9.17) is 0 Å². The number of thioether (sulfide) groups is 1. The summed E-state index contributed by atoms with van der Waals surface area (Å²) in [6.45, 7) is 1.30. The third kappa shape index (κ3) is 4.42. The number of imide groups is 1. The highest BCUT2D eigenvalue weighted by Gasteiger charge is 2.49. The van der Waals surface area contributed by atoms with Gasteiger partial charge in [0.2, 0.25) is 5.91 Å². The molecule has 4 aromatic rings. The van der Waals surface area contributed by atoms with Crippen molar-refractivity contribution in [3.8, 4) is 0 Å². The Labute approximate surface area is 212 Å². The summed E-state index contributed by atoms with van der Waals surface area (Å²) in [6, 6.07) is 20.2. The van der Waals surface area contributed by atoms with Gasteiger partial charge in [-0.05, 0) is 59.9 Å². The third-order valence-corrected chi connectivity index (χ3v) is 7.23. The quantitative estimate of drug-likeness (QED) is 0.315. The van der Waals surface area contributed by atoms with E-state index in [0.29, 0.717) is 17.8 Å². The van der Waals surface area contributed by atoms with E-state index in [2.05, 4.69) is 20.6 Å². The molecule has 0 bridgehead atoms. The number of carbonyl (C=O) groups excluding carboxylic acids is 3. The molecule has 2 heterocycles. The zero-order chi connectivity index (χ0) is 25.3. The molecule has 9 heteroatoms. The number of hydrogen-bond acceptors (Lipinski definition) is 5. The normalized spacial score (nSPS) is 18.6. The summed E-state index contributed by atoms with van der Waals surface area (Å²) in [5, 5.41) is 7.77. The first-order chi connectivity index (χ1) is 17.4. The minimum absolute atomic E-state index is 0.370. The Morgan fingerprint density at radius 3 is 2.61 bits per heavy atom. The smallest absolute Gasteiger partial charge is 0.325 e. The highest BCUT2D eigenvalue weighted by Crippen LogP contribution is 2.31. The van der Waals surface area contributed by atoms with E-state index in [9.17, 15) is 14.4 Å². The Bertz CT molecular complexity index is 1440. The van der Waals surface area contributed by atoms with Gasteiger partial charge in [-0.1, -0.05) is 48.5 Å². The summed E-state index contributed by atoms with van der Waals surface area (Å²) in [7, 11) is 0. The van der Waals surface area contributed by atoms with Crippen LogP contribution < -0.4 is 10.6 Å². The topological polar surface area (TPSA) is 107 Å². The van der Waals surface area contributed by atoms with E-state index in [1.807, 2.05) is 73.0 Å². The van der Waals surface area contributed by atoms with Gasteiger partial charge in [-0.25, -0.2) is 9.78 Å². The van der Waals surface area contributed by atoms with Crippen molar-refractivity contribution in [1.29, 1.82) is 0 Å². The molecule has 1 aliphatic heterocycles. The highest BCUT2D eigenvalue weighted by molar-refractivity contribution is 7.98. The van der Waals surface area contributed by atoms with Gasteiger partial charge in [0.25, 0.3) is 5.91 Å². The standard InChI is InChI=1S/C27H27N5O3S/c1-27(19-12-11-17-7-3-4-8-18(17)15-19)25(34)32(26(35)31-27)16-23(33)28-22(13-14-36-2)24-29-20-9-5-6-10-21(20)30-24/h3-12,15,22H,13-14,16H2,1-2H3,(H,28,33)(H,29,30)(H,31,35)/t22-,27+/m0/s1. The molecule has 0 unspecified atom stereocenters. The predicted molar refractivity (Wildman–Crippen MR) is 142 cm³/mol. The number of rotatable bonds is 8. The molecule has 1 fully saturated rings. The molecule has 1 saturated heterocycles. The maximum Gasteiger partial charge on any atom is 0.325 e. The number of benzene rings is 3. The average Bonchev–Trinajstić information content (AvgIpc) is 3.41. The number of H-pyrrole nitrogens is 1. The first-order valence-electron chi connectivity index (χ1n) is 11.8. The van der Waals surface area contributed by atoms with E-state index < -0.39 is 23.4 Å². The number of fused-ring (bicyclic) bond motifs is 2. The average molecular weight is 502 g/mol. The number of aromatic amines is 1. The van der Waals surface area contributed by atoms with Crippen LogP contribution in [0.1, 0.15) is 30.8 Å². The van der Waals surface area contributed by atoms with Gasteiger partial charge in [0.15, 0.2) is 0 Å². The fraction of sp³-hybridized carbons (Fsp3) is 0.259. The van der Waals surface area contributed by atoms with Crippen LogP contribution in [0.25, 0.3) is 21.8 Å². The van der Waals surface area contributed by atoms with Crippen molar-refractivity contribution in [3.05, 3.63) is 78.1 Å². The SMILES string of the molecule is CSCC[C@H](NC(=O)CN1C(=O)N[C@](C)(c2ccc3ccccc3c2)C1=O)c1nc2ccccc2[nH]1. The highest BCUT2D eigenvalue weighted by atomic mass is 32.2. The molecule has 0 radical (unpaired) electrons. The Morgan fingerprint density at radius 1 is 1.08 bits per heavy atom. The van der Waals surface area contributed by atoms with Crippen molar-refractivity contribution in [2.24, 2.45) is 0 Å². The van der Waals surface area contributed by atoms with Crippen molar-refractivity contribution in [3.63, 3.8) is 0 Å². The number of para-hydroxylation sites is 2. The van der Waals surface area contributed by atoms with Gasteiger partial charge in [0.1, 0.15) is 17.9 Å². The summed E-state index contributed by atoms with van der Waals surface area (Å²) in [6.07, 6.45) is 2.65. The number of urea groups is 1. The molecule has 3 aromatic carbocycles. The second-order valence-electron chi connectivity index (χ2n) is 9.05. The molecule has 4 amide bonds. The van der Waals surface area contributed by atoms with E-state index in [-0.39, 0.29) is 12.6 Å². The number of nitrogens with zero attached hydrogens (tertiary/aromatic N) is 2. The Kier molecular flexibility index (Phi) is 6.40. The molecule has 1 aromatic heterocycles. The van der Waals surface area contributed by atoms with Crippen molar-refractivity contribution in [2.75, 3.05) is 18.6 Å². The summed E-state index contributed by atoms with van der Waals surface area (Å²) in [5.41, 5.74) is 1.12. The molecule has 5 rings (SSSR count). The van der Waals surface area contributed by atoms with Crippen LogP contribution in [0.4, 0.5) is 4.79 Å². The van der Waals surface area contributed by atoms with Gasteiger partial charge < -0.3 is 15.6 Å². The van der Waals surface area contributed by atoms with Gasteiger partial charge in [-0.2, -0.15) is 11.8 Å². The number of amides is 4. The number of hydrogen-bond donors (Lipinski definition) is 3. The molecular weight excluding hydrogens is 474 g/mol. The lowest BCUT2D eigenvalue weighted by molar-refractivity contribution is -0.135. The summed E-state index contributed by atoms with van der Waals surface area (Å²) in [5.74, 6) is 0.581. The largest absolute Gasteiger partial charge is 0.345 e. The van der Waals surface area contributed by atoms with Gasteiger partial charge in [0.05, 0.1) is 17.1 Å². The van der Waals surface area contributed by atoms with Crippen LogP contribution in [0, 0.1) is 0 Å². The first-order valence-corrected chi connectivity index (χ1v) is 13.1. The molecule has 2 atom stereocenters. The minimum atomic E-state index is -1.25. The molecule has 0 saturated carbocycles. The second kappa shape index (κ2) is 9.66. The van der Waals surface area contributed by atoms with Crippen LogP contribution in [-0.2, 0) is 15.1 Å². The number of aromatic nitrogens is 2. The maximum atomic E-state index is 13.4. The fourth-order valence-electron chi connectivity index (χ4n) is 4.57. The molecule has 1 aliphatic rings. The molecular formula is C27H27N5O3S.